The summed E-state index contributed by atoms with van der Waals surface area (Å²) >= 11 is 0. The number of carbonyl (C=O) groups is 1. The number of para-hydroxylation sites is 1. The van der Waals surface area contributed by atoms with Gasteiger partial charge >= 0.3 is 0 Å². The summed E-state index contributed by atoms with van der Waals surface area (Å²) in [6.45, 7) is 5.26. The molecule has 1 amide bonds. The molecule has 1 aliphatic heterocycles. The SMILES string of the molecule is CCCS(=O)(=O)N1CCCC(C(=O)NCCCc2cn(-c3ccccc3)nc2C)C1. The van der Waals surface area contributed by atoms with E-state index in [9.17, 15) is 13.2 Å². The van der Waals surface area contributed by atoms with Crippen LogP contribution < -0.4 is 5.32 Å². The fraction of sp³-hybridized carbons (Fsp3) is 0.545. The largest absolute Gasteiger partial charge is 0.356 e. The Bertz CT molecular complexity index is 941. The highest BCUT2D eigenvalue weighted by Crippen LogP contribution is 2.20. The van der Waals surface area contributed by atoms with Crippen molar-refractivity contribution in [1.82, 2.24) is 19.4 Å². The molecule has 0 spiro atoms. The van der Waals surface area contributed by atoms with E-state index in [-0.39, 0.29) is 17.6 Å². The minimum atomic E-state index is -3.24. The molecule has 1 aromatic heterocycles. The van der Waals surface area contributed by atoms with Crippen molar-refractivity contribution in [2.24, 2.45) is 5.92 Å². The summed E-state index contributed by atoms with van der Waals surface area (Å²) in [6.07, 6.45) is 5.77. The Morgan fingerprint density at radius 2 is 2.03 bits per heavy atom. The van der Waals surface area contributed by atoms with Crippen molar-refractivity contribution in [3.63, 3.8) is 0 Å². The zero-order valence-corrected chi connectivity index (χ0v) is 18.7. The number of aromatic nitrogens is 2. The normalized spacial score (nSPS) is 17.7. The van der Waals surface area contributed by atoms with Crippen molar-refractivity contribution in [2.45, 2.75) is 46.0 Å². The summed E-state index contributed by atoms with van der Waals surface area (Å²) in [5.74, 6) is -0.145. The molecule has 1 saturated heterocycles. The maximum atomic E-state index is 12.5. The number of benzene rings is 1. The van der Waals surface area contributed by atoms with Gasteiger partial charge in [0.15, 0.2) is 0 Å². The number of nitrogens with one attached hydrogen (secondary N) is 1. The number of sulfonamides is 1. The Morgan fingerprint density at radius 3 is 2.77 bits per heavy atom. The maximum Gasteiger partial charge on any atom is 0.224 e. The predicted molar refractivity (Wildman–Crippen MR) is 118 cm³/mol. The molecule has 0 saturated carbocycles. The van der Waals surface area contributed by atoms with Gasteiger partial charge in [-0.25, -0.2) is 17.4 Å². The molecule has 0 radical (unpaired) electrons. The number of rotatable bonds is 9. The quantitative estimate of drug-likeness (QED) is 0.618. The third kappa shape index (κ3) is 5.70. The molecular weight excluding hydrogens is 400 g/mol. The average Bonchev–Trinajstić information content (AvgIpc) is 3.12. The summed E-state index contributed by atoms with van der Waals surface area (Å²) in [4.78, 5) is 12.5. The number of nitrogens with zero attached hydrogens (tertiary/aromatic N) is 3. The Morgan fingerprint density at radius 1 is 1.27 bits per heavy atom. The van der Waals surface area contributed by atoms with E-state index in [0.29, 0.717) is 26.1 Å². The first-order valence-corrected chi connectivity index (χ1v) is 12.4. The molecule has 2 aromatic rings. The van der Waals surface area contributed by atoms with Gasteiger partial charge in [-0.2, -0.15) is 5.10 Å². The van der Waals surface area contributed by atoms with Gasteiger partial charge in [-0.05, 0) is 56.7 Å². The second-order valence-corrected chi connectivity index (χ2v) is 10.0. The third-order valence-electron chi connectivity index (χ3n) is 5.55. The summed E-state index contributed by atoms with van der Waals surface area (Å²) < 4.78 is 28.0. The first-order valence-electron chi connectivity index (χ1n) is 10.8. The molecule has 1 atom stereocenters. The molecule has 3 rings (SSSR count). The zero-order chi connectivity index (χ0) is 21.6. The predicted octanol–water partition coefficient (Wildman–Crippen LogP) is 2.68. The van der Waals surface area contributed by atoms with Gasteiger partial charge in [0.05, 0.1) is 23.1 Å². The molecule has 2 heterocycles. The Kier molecular flexibility index (Phi) is 7.66. The number of hydrogen-bond donors (Lipinski definition) is 1. The fourth-order valence-corrected chi connectivity index (χ4v) is 5.47. The number of hydrogen-bond acceptors (Lipinski definition) is 4. The molecule has 0 aliphatic carbocycles. The monoisotopic (exact) mass is 432 g/mol. The van der Waals surface area contributed by atoms with Crippen LogP contribution in [-0.2, 0) is 21.2 Å². The molecule has 7 nitrogen and oxygen atoms in total. The summed E-state index contributed by atoms with van der Waals surface area (Å²) in [5.41, 5.74) is 3.19. The smallest absolute Gasteiger partial charge is 0.224 e. The Labute approximate surface area is 179 Å². The van der Waals surface area contributed by atoms with Crippen LogP contribution in [0, 0.1) is 12.8 Å². The highest BCUT2D eigenvalue weighted by Gasteiger charge is 2.31. The van der Waals surface area contributed by atoms with Gasteiger partial charge in [-0.1, -0.05) is 25.1 Å². The van der Waals surface area contributed by atoms with Gasteiger partial charge in [0.1, 0.15) is 0 Å². The van der Waals surface area contributed by atoms with E-state index in [1.807, 2.05) is 55.1 Å². The van der Waals surface area contributed by atoms with Crippen LogP contribution in [0.15, 0.2) is 36.5 Å². The van der Waals surface area contributed by atoms with Gasteiger partial charge in [0, 0.05) is 25.8 Å². The van der Waals surface area contributed by atoms with Crippen molar-refractivity contribution in [1.29, 1.82) is 0 Å². The Hall–Kier alpha value is -2.19. The Balaban J connectivity index is 1.46. The van der Waals surface area contributed by atoms with E-state index < -0.39 is 10.0 Å². The number of aryl methyl sites for hydroxylation is 2. The van der Waals surface area contributed by atoms with E-state index in [1.165, 1.54) is 9.87 Å². The van der Waals surface area contributed by atoms with E-state index in [0.717, 1.165) is 37.1 Å². The van der Waals surface area contributed by atoms with Crippen LogP contribution in [0.1, 0.15) is 43.9 Å². The molecule has 1 unspecified atom stereocenters. The molecular formula is C22H32N4O3S. The summed E-state index contributed by atoms with van der Waals surface area (Å²) in [7, 11) is -3.24. The van der Waals surface area contributed by atoms with Crippen LogP contribution in [0.3, 0.4) is 0 Å². The van der Waals surface area contributed by atoms with E-state index in [1.54, 1.807) is 0 Å². The van der Waals surface area contributed by atoms with Crippen LogP contribution in [0.25, 0.3) is 5.69 Å². The fourth-order valence-electron chi connectivity index (χ4n) is 3.89. The minimum Gasteiger partial charge on any atom is -0.356 e. The van der Waals surface area contributed by atoms with E-state index in [2.05, 4.69) is 10.4 Å². The first kappa shape index (κ1) is 22.5. The van der Waals surface area contributed by atoms with Gasteiger partial charge in [-0.15, -0.1) is 0 Å². The topological polar surface area (TPSA) is 84.3 Å². The van der Waals surface area contributed by atoms with Gasteiger partial charge in [0.25, 0.3) is 0 Å². The number of carbonyl (C=O) groups excluding carboxylic acids is 1. The molecule has 1 N–H and O–H groups in total. The van der Waals surface area contributed by atoms with Gasteiger partial charge < -0.3 is 5.32 Å². The van der Waals surface area contributed by atoms with Gasteiger partial charge in [-0.3, -0.25) is 4.79 Å². The highest BCUT2D eigenvalue weighted by molar-refractivity contribution is 7.89. The van der Waals surface area contributed by atoms with Crippen LogP contribution in [0.4, 0.5) is 0 Å². The van der Waals surface area contributed by atoms with Crippen LogP contribution in [0.2, 0.25) is 0 Å². The highest BCUT2D eigenvalue weighted by atomic mass is 32.2. The molecule has 1 aromatic carbocycles. The summed E-state index contributed by atoms with van der Waals surface area (Å²) in [6, 6.07) is 9.99. The average molecular weight is 433 g/mol. The van der Waals surface area contributed by atoms with Crippen molar-refractivity contribution >= 4 is 15.9 Å². The molecule has 1 aliphatic rings. The number of amides is 1. The molecule has 8 heteroatoms. The zero-order valence-electron chi connectivity index (χ0n) is 17.9. The molecule has 30 heavy (non-hydrogen) atoms. The lowest BCUT2D eigenvalue weighted by atomic mass is 9.99. The number of piperidine rings is 1. The standard InChI is InChI=1S/C22H32N4O3S/c1-3-15-30(28,29)25-14-8-10-20(16-25)22(27)23-13-7-9-19-17-26(24-18(19)2)21-11-5-4-6-12-21/h4-6,11-12,17,20H,3,7-10,13-16H2,1-2H3,(H,23,27). The third-order valence-corrected chi connectivity index (χ3v) is 7.60. The van der Waals surface area contributed by atoms with Crippen molar-refractivity contribution in [3.8, 4) is 5.69 Å². The van der Waals surface area contributed by atoms with Crippen molar-refractivity contribution in [2.75, 3.05) is 25.4 Å². The van der Waals surface area contributed by atoms with Crippen LogP contribution in [-0.4, -0.2) is 53.8 Å². The lowest BCUT2D eigenvalue weighted by Gasteiger charge is -2.31. The second kappa shape index (κ2) is 10.2. The molecule has 1 fully saturated rings. The van der Waals surface area contributed by atoms with Crippen LogP contribution in [0.5, 0.6) is 0 Å². The maximum absolute atomic E-state index is 12.5. The van der Waals surface area contributed by atoms with Crippen LogP contribution >= 0.6 is 0 Å². The minimum absolute atomic E-state index is 0.0388. The molecule has 164 valence electrons. The second-order valence-electron chi connectivity index (χ2n) is 7.93. The van der Waals surface area contributed by atoms with Crippen molar-refractivity contribution < 1.29 is 13.2 Å². The van der Waals surface area contributed by atoms with Gasteiger partial charge in [0.2, 0.25) is 15.9 Å². The first-order chi connectivity index (χ1) is 14.4. The van der Waals surface area contributed by atoms with E-state index in [4.69, 9.17) is 0 Å². The lowest BCUT2D eigenvalue weighted by Crippen LogP contribution is -2.46. The lowest BCUT2D eigenvalue weighted by molar-refractivity contribution is -0.126. The van der Waals surface area contributed by atoms with E-state index >= 15 is 0 Å². The van der Waals surface area contributed by atoms with Crippen molar-refractivity contribution in [3.05, 3.63) is 47.8 Å². The molecule has 0 bridgehead atoms. The summed E-state index contributed by atoms with van der Waals surface area (Å²) in [5, 5.41) is 7.58.